The molecule has 2 heterocycles. The molecule has 1 aromatic heterocycles. The molecule has 0 aliphatic carbocycles. The molecule has 148 valence electrons. The van der Waals surface area contributed by atoms with Crippen molar-refractivity contribution in [2.75, 3.05) is 38.1 Å². The van der Waals surface area contributed by atoms with E-state index in [0.717, 1.165) is 0 Å². The van der Waals surface area contributed by atoms with Crippen LogP contribution >= 0.6 is 0 Å². The molecule has 1 N–H and O–H groups in total. The minimum atomic E-state index is -0.335. The third-order valence-corrected chi connectivity index (χ3v) is 4.70. The standard InChI is InChI=1S/C20H25N5O3/c1-3-28-20(27)25-12-10-24(11-13-25)19(26)17-8-9-18(23-22-17)21-14-16-7-5-4-6-15(16)2/h4-9H,3,10-14H2,1-2H3,(H,21,23). The highest BCUT2D eigenvalue weighted by Gasteiger charge is 2.26. The third kappa shape index (κ3) is 4.76. The number of anilines is 1. The van der Waals surface area contributed by atoms with Crippen LogP contribution in [0.4, 0.5) is 10.6 Å². The lowest BCUT2D eigenvalue weighted by atomic mass is 10.1. The molecule has 1 aromatic carbocycles. The molecule has 8 nitrogen and oxygen atoms in total. The van der Waals surface area contributed by atoms with Gasteiger partial charge in [-0.25, -0.2) is 4.79 Å². The Morgan fingerprint density at radius 2 is 1.75 bits per heavy atom. The van der Waals surface area contributed by atoms with E-state index in [2.05, 4.69) is 34.6 Å². The number of carbonyl (C=O) groups is 2. The van der Waals surface area contributed by atoms with Gasteiger partial charge in [0.2, 0.25) is 0 Å². The molecule has 0 atom stereocenters. The van der Waals surface area contributed by atoms with Crippen LogP contribution in [0.1, 0.15) is 28.5 Å². The topological polar surface area (TPSA) is 87.7 Å². The molecule has 8 heteroatoms. The number of hydrogen-bond acceptors (Lipinski definition) is 6. The fourth-order valence-corrected chi connectivity index (χ4v) is 3.00. The van der Waals surface area contributed by atoms with Crippen LogP contribution in [0.2, 0.25) is 0 Å². The Kier molecular flexibility index (Phi) is 6.41. The molecule has 0 saturated carbocycles. The molecule has 2 amide bonds. The lowest BCUT2D eigenvalue weighted by Gasteiger charge is -2.33. The van der Waals surface area contributed by atoms with Crippen LogP contribution in [0, 0.1) is 6.92 Å². The minimum absolute atomic E-state index is 0.179. The number of hydrogen-bond donors (Lipinski definition) is 1. The maximum Gasteiger partial charge on any atom is 0.409 e. The van der Waals surface area contributed by atoms with Gasteiger partial charge in [0, 0.05) is 32.7 Å². The van der Waals surface area contributed by atoms with Gasteiger partial charge in [-0.3, -0.25) is 4.79 Å². The van der Waals surface area contributed by atoms with E-state index in [-0.39, 0.29) is 12.0 Å². The summed E-state index contributed by atoms with van der Waals surface area (Å²) in [6, 6.07) is 11.6. The van der Waals surface area contributed by atoms with Gasteiger partial charge in [0.15, 0.2) is 5.69 Å². The average Bonchev–Trinajstić information content (AvgIpc) is 2.73. The third-order valence-electron chi connectivity index (χ3n) is 4.70. The van der Waals surface area contributed by atoms with Gasteiger partial charge < -0.3 is 19.9 Å². The van der Waals surface area contributed by atoms with E-state index in [0.29, 0.717) is 50.8 Å². The molecule has 1 aliphatic heterocycles. The maximum atomic E-state index is 12.6. The van der Waals surface area contributed by atoms with Crippen LogP contribution in [0.15, 0.2) is 36.4 Å². The Bertz CT molecular complexity index is 817. The molecule has 1 fully saturated rings. The van der Waals surface area contributed by atoms with Crippen molar-refractivity contribution < 1.29 is 14.3 Å². The fraction of sp³-hybridized carbons (Fsp3) is 0.400. The summed E-state index contributed by atoms with van der Waals surface area (Å²) < 4.78 is 4.99. The zero-order chi connectivity index (χ0) is 19.9. The number of benzene rings is 1. The largest absolute Gasteiger partial charge is 0.450 e. The van der Waals surface area contributed by atoms with E-state index >= 15 is 0 Å². The second kappa shape index (κ2) is 9.16. The molecule has 0 radical (unpaired) electrons. The van der Waals surface area contributed by atoms with Crippen molar-refractivity contribution in [1.82, 2.24) is 20.0 Å². The SMILES string of the molecule is CCOC(=O)N1CCN(C(=O)c2ccc(NCc3ccccc3C)nn2)CC1. The van der Waals surface area contributed by atoms with Crippen molar-refractivity contribution in [3.8, 4) is 0 Å². The predicted molar refractivity (Wildman–Crippen MR) is 105 cm³/mol. The first kappa shape index (κ1) is 19.6. The van der Waals surface area contributed by atoms with Crippen LogP contribution in [-0.2, 0) is 11.3 Å². The second-order valence-corrected chi connectivity index (χ2v) is 6.56. The summed E-state index contributed by atoms with van der Waals surface area (Å²) >= 11 is 0. The van der Waals surface area contributed by atoms with Gasteiger partial charge in [0.25, 0.3) is 5.91 Å². The number of aryl methyl sites for hydroxylation is 1. The summed E-state index contributed by atoms with van der Waals surface area (Å²) in [5, 5.41) is 11.4. The normalized spacial score (nSPS) is 13.9. The summed E-state index contributed by atoms with van der Waals surface area (Å²) in [6.45, 7) is 6.63. The lowest BCUT2D eigenvalue weighted by Crippen LogP contribution is -2.50. The number of nitrogens with zero attached hydrogens (tertiary/aromatic N) is 4. The highest BCUT2D eigenvalue weighted by molar-refractivity contribution is 5.92. The van der Waals surface area contributed by atoms with Crippen LogP contribution in [0.3, 0.4) is 0 Å². The smallest absolute Gasteiger partial charge is 0.409 e. The first-order chi connectivity index (χ1) is 13.6. The molecule has 0 spiro atoms. The summed E-state index contributed by atoms with van der Waals surface area (Å²) in [7, 11) is 0. The molecular formula is C20H25N5O3. The average molecular weight is 383 g/mol. The zero-order valence-electron chi connectivity index (χ0n) is 16.2. The van der Waals surface area contributed by atoms with Gasteiger partial charge in [-0.15, -0.1) is 10.2 Å². The number of nitrogens with one attached hydrogen (secondary N) is 1. The van der Waals surface area contributed by atoms with E-state index in [1.54, 1.807) is 28.9 Å². The van der Waals surface area contributed by atoms with Gasteiger partial charge in [0.05, 0.1) is 6.61 Å². The number of amides is 2. The van der Waals surface area contributed by atoms with E-state index in [9.17, 15) is 9.59 Å². The van der Waals surface area contributed by atoms with Crippen LogP contribution in [0.5, 0.6) is 0 Å². The minimum Gasteiger partial charge on any atom is -0.450 e. The summed E-state index contributed by atoms with van der Waals surface area (Å²) in [4.78, 5) is 27.6. The summed E-state index contributed by atoms with van der Waals surface area (Å²) in [5.74, 6) is 0.438. The van der Waals surface area contributed by atoms with Crippen molar-refractivity contribution >= 4 is 17.8 Å². The molecule has 3 rings (SSSR count). The van der Waals surface area contributed by atoms with Gasteiger partial charge in [0.1, 0.15) is 5.82 Å². The van der Waals surface area contributed by atoms with Gasteiger partial charge >= 0.3 is 6.09 Å². The van der Waals surface area contributed by atoms with Crippen LogP contribution in [-0.4, -0.2) is 64.8 Å². The maximum absolute atomic E-state index is 12.6. The number of aromatic nitrogens is 2. The van der Waals surface area contributed by atoms with E-state index in [4.69, 9.17) is 4.74 Å². The van der Waals surface area contributed by atoms with Crippen molar-refractivity contribution in [3.05, 3.63) is 53.2 Å². The van der Waals surface area contributed by atoms with Crippen molar-refractivity contribution in [2.24, 2.45) is 0 Å². The highest BCUT2D eigenvalue weighted by Crippen LogP contribution is 2.12. The number of carbonyl (C=O) groups excluding carboxylic acids is 2. The number of piperazine rings is 1. The molecule has 1 saturated heterocycles. The monoisotopic (exact) mass is 383 g/mol. The summed E-state index contributed by atoms with van der Waals surface area (Å²) in [5.41, 5.74) is 2.69. The Hall–Kier alpha value is -3.16. The van der Waals surface area contributed by atoms with Crippen molar-refractivity contribution in [3.63, 3.8) is 0 Å². The van der Waals surface area contributed by atoms with E-state index in [1.807, 2.05) is 12.1 Å². The highest BCUT2D eigenvalue weighted by atomic mass is 16.6. The molecule has 1 aliphatic rings. The molecule has 0 bridgehead atoms. The Balaban J connectivity index is 1.53. The Morgan fingerprint density at radius 3 is 2.39 bits per heavy atom. The Labute approximate surface area is 164 Å². The Morgan fingerprint density at radius 1 is 1.04 bits per heavy atom. The van der Waals surface area contributed by atoms with Gasteiger partial charge in [-0.2, -0.15) is 0 Å². The first-order valence-corrected chi connectivity index (χ1v) is 9.41. The fourth-order valence-electron chi connectivity index (χ4n) is 3.00. The van der Waals surface area contributed by atoms with Gasteiger partial charge in [-0.1, -0.05) is 24.3 Å². The summed E-state index contributed by atoms with van der Waals surface area (Å²) in [6.07, 6.45) is -0.335. The van der Waals surface area contributed by atoms with E-state index in [1.165, 1.54) is 11.1 Å². The van der Waals surface area contributed by atoms with Crippen LogP contribution in [0.25, 0.3) is 0 Å². The molecule has 0 unspecified atom stereocenters. The quantitative estimate of drug-likeness (QED) is 0.853. The second-order valence-electron chi connectivity index (χ2n) is 6.56. The molecule has 2 aromatic rings. The van der Waals surface area contributed by atoms with Crippen LogP contribution < -0.4 is 5.32 Å². The van der Waals surface area contributed by atoms with E-state index < -0.39 is 0 Å². The van der Waals surface area contributed by atoms with Crippen molar-refractivity contribution in [1.29, 1.82) is 0 Å². The number of ether oxygens (including phenoxy) is 1. The first-order valence-electron chi connectivity index (χ1n) is 9.41. The molecule has 28 heavy (non-hydrogen) atoms. The zero-order valence-corrected chi connectivity index (χ0v) is 16.2. The molecular weight excluding hydrogens is 358 g/mol. The lowest BCUT2D eigenvalue weighted by molar-refractivity contribution is 0.0565. The van der Waals surface area contributed by atoms with Gasteiger partial charge in [-0.05, 0) is 37.1 Å². The van der Waals surface area contributed by atoms with Crippen molar-refractivity contribution in [2.45, 2.75) is 20.4 Å². The predicted octanol–water partition coefficient (Wildman–Crippen LogP) is 2.31. The number of rotatable bonds is 5.